The van der Waals surface area contributed by atoms with Crippen molar-refractivity contribution < 1.29 is 0 Å². The zero-order valence-corrected chi connectivity index (χ0v) is 14.0. The molecule has 0 aliphatic carbocycles. The van der Waals surface area contributed by atoms with Crippen LogP contribution in [0.5, 0.6) is 0 Å². The van der Waals surface area contributed by atoms with Crippen LogP contribution in [0.3, 0.4) is 0 Å². The Labute approximate surface area is 131 Å². The summed E-state index contributed by atoms with van der Waals surface area (Å²) in [6.07, 6.45) is 0. The van der Waals surface area contributed by atoms with E-state index in [0.717, 1.165) is 22.2 Å². The monoisotopic (exact) mass is 306 g/mol. The van der Waals surface area contributed by atoms with Crippen molar-refractivity contribution in [1.29, 1.82) is 0 Å². The van der Waals surface area contributed by atoms with Crippen LogP contribution >= 0.6 is 11.6 Å². The lowest BCUT2D eigenvalue weighted by Crippen LogP contribution is -2.24. The van der Waals surface area contributed by atoms with Crippen LogP contribution in [0.2, 0.25) is 5.02 Å². The van der Waals surface area contributed by atoms with Gasteiger partial charge >= 0.3 is 0 Å². The summed E-state index contributed by atoms with van der Waals surface area (Å²) in [5.41, 5.74) is 9.20. The topological polar surface area (TPSA) is 47.1 Å². The van der Waals surface area contributed by atoms with Gasteiger partial charge in [0, 0.05) is 19.1 Å². The van der Waals surface area contributed by atoms with E-state index in [2.05, 4.69) is 30.8 Å². The van der Waals surface area contributed by atoms with Gasteiger partial charge in [0.25, 0.3) is 0 Å². The number of nitrogens with zero attached hydrogens (tertiary/aromatic N) is 3. The first-order chi connectivity index (χ1) is 9.82. The number of hydrogen-bond acceptors (Lipinski definition) is 3. The maximum atomic E-state index is 6.30. The van der Waals surface area contributed by atoms with E-state index in [0.29, 0.717) is 5.92 Å². The third-order valence-corrected chi connectivity index (χ3v) is 4.15. The van der Waals surface area contributed by atoms with Crippen LogP contribution in [0, 0.1) is 0 Å². The minimum atomic E-state index is 0.181. The number of aromatic nitrogens is 2. The summed E-state index contributed by atoms with van der Waals surface area (Å²) >= 11 is 5.95. The number of aryl methyl sites for hydroxylation is 1. The maximum absolute atomic E-state index is 6.30. The summed E-state index contributed by atoms with van der Waals surface area (Å²) in [4.78, 5) is 2.15. The largest absolute Gasteiger partial charge is 0.394 e. The molecule has 0 aliphatic rings. The third kappa shape index (κ3) is 3.00. The predicted molar refractivity (Wildman–Crippen MR) is 90.0 cm³/mol. The summed E-state index contributed by atoms with van der Waals surface area (Å²) in [6.45, 7) is 6.35. The Balaban J connectivity index is 2.35. The second-order valence-corrected chi connectivity index (χ2v) is 6.18. The molecule has 0 spiro atoms. The lowest BCUT2D eigenvalue weighted by atomic mass is 10.1. The molecule has 0 bridgehead atoms. The van der Waals surface area contributed by atoms with E-state index in [-0.39, 0.29) is 6.04 Å². The van der Waals surface area contributed by atoms with Crippen LogP contribution in [0.15, 0.2) is 24.3 Å². The summed E-state index contributed by atoms with van der Waals surface area (Å²) in [6, 6.07) is 8.08. The molecular weight excluding hydrogens is 284 g/mol. The van der Waals surface area contributed by atoms with Gasteiger partial charge in [-0.15, -0.1) is 0 Å². The van der Waals surface area contributed by atoms with Gasteiger partial charge < -0.3 is 10.6 Å². The van der Waals surface area contributed by atoms with Crippen molar-refractivity contribution in [1.82, 2.24) is 9.78 Å². The molecule has 2 rings (SSSR count). The quantitative estimate of drug-likeness (QED) is 0.929. The fraction of sp³-hybridized carbons (Fsp3) is 0.438. The minimum Gasteiger partial charge on any atom is -0.394 e. The van der Waals surface area contributed by atoms with Gasteiger partial charge in [0.2, 0.25) is 0 Å². The third-order valence-electron chi connectivity index (χ3n) is 3.90. The Bertz CT molecular complexity index is 616. The van der Waals surface area contributed by atoms with Crippen LogP contribution in [-0.2, 0) is 7.05 Å². The number of rotatable bonds is 4. The smallest absolute Gasteiger partial charge is 0.150 e. The Kier molecular flexibility index (Phi) is 4.47. The average Bonchev–Trinajstić information content (AvgIpc) is 2.73. The zero-order chi connectivity index (χ0) is 15.7. The van der Waals surface area contributed by atoms with Crippen molar-refractivity contribution in [2.45, 2.75) is 32.7 Å². The highest BCUT2D eigenvalue weighted by molar-refractivity contribution is 6.30. The average molecular weight is 307 g/mol. The highest BCUT2D eigenvalue weighted by Gasteiger charge is 2.22. The van der Waals surface area contributed by atoms with E-state index in [1.807, 2.05) is 43.0 Å². The van der Waals surface area contributed by atoms with Crippen LogP contribution in [0.25, 0.3) is 0 Å². The van der Waals surface area contributed by atoms with Crippen molar-refractivity contribution in [3.05, 3.63) is 40.5 Å². The number of halogens is 1. The Morgan fingerprint density at radius 3 is 2.24 bits per heavy atom. The van der Waals surface area contributed by atoms with Gasteiger partial charge in [0.05, 0.1) is 17.4 Å². The first kappa shape index (κ1) is 15.7. The summed E-state index contributed by atoms with van der Waals surface area (Å²) < 4.78 is 1.86. The first-order valence-corrected chi connectivity index (χ1v) is 7.51. The molecule has 5 heteroatoms. The Morgan fingerprint density at radius 1 is 1.19 bits per heavy atom. The highest BCUT2D eigenvalue weighted by Crippen LogP contribution is 2.34. The second kappa shape index (κ2) is 5.98. The molecule has 114 valence electrons. The van der Waals surface area contributed by atoms with Crippen molar-refractivity contribution in [2.75, 3.05) is 17.7 Å². The van der Waals surface area contributed by atoms with Gasteiger partial charge in [0.1, 0.15) is 0 Å². The van der Waals surface area contributed by atoms with Crippen molar-refractivity contribution in [3.63, 3.8) is 0 Å². The number of hydrogen-bond donors (Lipinski definition) is 1. The molecule has 4 nitrogen and oxygen atoms in total. The fourth-order valence-corrected chi connectivity index (χ4v) is 2.67. The minimum absolute atomic E-state index is 0.181. The van der Waals surface area contributed by atoms with Gasteiger partial charge in [-0.05, 0) is 30.5 Å². The predicted octanol–water partition coefficient (Wildman–Crippen LogP) is 3.98. The van der Waals surface area contributed by atoms with Crippen molar-refractivity contribution in [3.8, 4) is 0 Å². The van der Waals surface area contributed by atoms with Crippen LogP contribution in [0.4, 0.5) is 11.5 Å². The zero-order valence-electron chi connectivity index (χ0n) is 13.3. The molecule has 1 aromatic carbocycles. The molecule has 1 heterocycles. The molecule has 0 radical (unpaired) electrons. The molecular formula is C16H23ClN4. The van der Waals surface area contributed by atoms with Crippen LogP contribution in [0.1, 0.15) is 44.0 Å². The molecule has 0 amide bonds. The van der Waals surface area contributed by atoms with Crippen molar-refractivity contribution in [2.24, 2.45) is 7.05 Å². The molecule has 1 unspecified atom stereocenters. The number of nitrogens with two attached hydrogens (primary N) is 1. The number of nitrogen functional groups attached to an aromatic ring is 1. The summed E-state index contributed by atoms with van der Waals surface area (Å²) in [5, 5.41) is 5.30. The van der Waals surface area contributed by atoms with E-state index >= 15 is 0 Å². The molecule has 21 heavy (non-hydrogen) atoms. The number of anilines is 2. The molecule has 0 aliphatic heterocycles. The second-order valence-electron chi connectivity index (χ2n) is 5.74. The van der Waals surface area contributed by atoms with E-state index < -0.39 is 0 Å². The van der Waals surface area contributed by atoms with Gasteiger partial charge in [-0.25, -0.2) is 0 Å². The maximum Gasteiger partial charge on any atom is 0.150 e. The molecule has 1 atom stereocenters. The standard InChI is InChI=1S/C16H23ClN4/c1-10(2)15-14(18)16(21(5)19-15)20(4)11(3)12-6-8-13(17)9-7-12/h6-11H,18H2,1-5H3. The van der Waals surface area contributed by atoms with Crippen LogP contribution in [-0.4, -0.2) is 16.8 Å². The molecule has 0 saturated heterocycles. The SMILES string of the molecule is CC(C)c1nn(C)c(N(C)C(C)c2ccc(Cl)cc2)c1N. The van der Waals surface area contributed by atoms with Gasteiger partial charge in [0.15, 0.2) is 5.82 Å². The van der Waals surface area contributed by atoms with Crippen molar-refractivity contribution >= 4 is 23.1 Å². The van der Waals surface area contributed by atoms with E-state index in [4.69, 9.17) is 17.3 Å². The highest BCUT2D eigenvalue weighted by atomic mass is 35.5. The molecule has 2 N–H and O–H groups in total. The van der Waals surface area contributed by atoms with E-state index in [1.165, 1.54) is 5.56 Å². The van der Waals surface area contributed by atoms with Gasteiger partial charge in [-0.1, -0.05) is 37.6 Å². The molecule has 0 fully saturated rings. The Morgan fingerprint density at radius 2 is 1.76 bits per heavy atom. The lowest BCUT2D eigenvalue weighted by molar-refractivity contribution is 0.664. The fourth-order valence-electron chi connectivity index (χ4n) is 2.54. The summed E-state index contributed by atoms with van der Waals surface area (Å²) in [5.74, 6) is 1.25. The Hall–Kier alpha value is -1.68. The first-order valence-electron chi connectivity index (χ1n) is 7.13. The van der Waals surface area contributed by atoms with Gasteiger partial charge in [-0.3, -0.25) is 4.68 Å². The molecule has 1 aromatic heterocycles. The molecule has 0 saturated carbocycles. The molecule has 2 aromatic rings. The number of benzene rings is 1. The normalized spacial score (nSPS) is 12.7. The summed E-state index contributed by atoms with van der Waals surface area (Å²) in [7, 11) is 3.97. The van der Waals surface area contributed by atoms with E-state index in [1.54, 1.807) is 0 Å². The van der Waals surface area contributed by atoms with Crippen LogP contribution < -0.4 is 10.6 Å². The van der Waals surface area contributed by atoms with Gasteiger partial charge in [-0.2, -0.15) is 5.10 Å². The van der Waals surface area contributed by atoms with E-state index in [9.17, 15) is 0 Å². The lowest BCUT2D eigenvalue weighted by Gasteiger charge is -2.27.